The van der Waals surface area contributed by atoms with E-state index in [0.717, 1.165) is 17.4 Å². The van der Waals surface area contributed by atoms with Gasteiger partial charge in [-0.2, -0.15) is 0 Å². The molecule has 2 aromatic rings. The zero-order valence-electron chi connectivity index (χ0n) is 13.7. The number of hydrogen-bond acceptors (Lipinski definition) is 4. The summed E-state index contributed by atoms with van der Waals surface area (Å²) in [6, 6.07) is 14.5. The smallest absolute Gasteiger partial charge is 0.230 e. The minimum absolute atomic E-state index is 0.0755. The summed E-state index contributed by atoms with van der Waals surface area (Å²) in [6.45, 7) is 0.343. The van der Waals surface area contributed by atoms with Gasteiger partial charge in [-0.25, -0.2) is 8.42 Å². The third kappa shape index (κ3) is 7.81. The van der Waals surface area contributed by atoms with Gasteiger partial charge in [-0.3, -0.25) is 9.52 Å². The molecule has 2 N–H and O–H groups in total. The van der Waals surface area contributed by atoms with Crippen molar-refractivity contribution in [2.75, 3.05) is 16.7 Å². The van der Waals surface area contributed by atoms with Crippen molar-refractivity contribution in [1.82, 2.24) is 5.32 Å². The first-order valence-electron chi connectivity index (χ1n) is 7.47. The number of benzene rings is 2. The summed E-state index contributed by atoms with van der Waals surface area (Å²) in [5.74, 6) is 0.976. The Hall–Kier alpha value is -1.70. The maximum Gasteiger partial charge on any atom is 0.230 e. The predicted molar refractivity (Wildman–Crippen MR) is 104 cm³/mol. The molecule has 0 fully saturated rings. The monoisotopic (exact) mass is 398 g/mol. The van der Waals surface area contributed by atoms with E-state index >= 15 is 0 Å². The highest BCUT2D eigenvalue weighted by atomic mass is 35.5. The Bertz CT molecular complexity index is 841. The average molecular weight is 399 g/mol. The van der Waals surface area contributed by atoms with Crippen molar-refractivity contribution in [2.45, 2.75) is 12.3 Å². The molecule has 134 valence electrons. The second kappa shape index (κ2) is 9.12. The fourth-order valence-electron chi connectivity index (χ4n) is 2.10. The first-order chi connectivity index (χ1) is 11.8. The topological polar surface area (TPSA) is 75.3 Å². The lowest BCUT2D eigenvalue weighted by Crippen LogP contribution is -2.24. The summed E-state index contributed by atoms with van der Waals surface area (Å²) >= 11 is 7.43. The number of rotatable bonds is 8. The normalized spacial score (nSPS) is 11.1. The number of nitrogens with one attached hydrogen (secondary N) is 2. The molecule has 1 amide bonds. The third-order valence-corrected chi connectivity index (χ3v) is 4.96. The molecule has 2 aromatic carbocycles. The Morgan fingerprint density at radius 3 is 2.56 bits per heavy atom. The van der Waals surface area contributed by atoms with Crippen LogP contribution in [0.25, 0.3) is 0 Å². The molecular weight excluding hydrogens is 380 g/mol. The minimum Gasteiger partial charge on any atom is -0.351 e. The average Bonchev–Trinajstić information content (AvgIpc) is 2.52. The second-order valence-electron chi connectivity index (χ2n) is 5.47. The summed E-state index contributed by atoms with van der Waals surface area (Å²) in [4.78, 5) is 11.9. The number of anilines is 1. The van der Waals surface area contributed by atoms with E-state index in [2.05, 4.69) is 10.0 Å². The van der Waals surface area contributed by atoms with Crippen LogP contribution in [0.15, 0.2) is 48.5 Å². The van der Waals surface area contributed by atoms with E-state index in [1.807, 2.05) is 30.3 Å². The number of amides is 1. The molecule has 0 unspecified atom stereocenters. The molecule has 0 aliphatic heterocycles. The highest BCUT2D eigenvalue weighted by Crippen LogP contribution is 2.16. The van der Waals surface area contributed by atoms with Gasteiger partial charge in [0.2, 0.25) is 15.9 Å². The van der Waals surface area contributed by atoms with Gasteiger partial charge >= 0.3 is 0 Å². The summed E-state index contributed by atoms with van der Waals surface area (Å²) in [7, 11) is -3.32. The number of hydrogen-bond donors (Lipinski definition) is 2. The van der Waals surface area contributed by atoms with E-state index in [-0.39, 0.29) is 5.91 Å². The van der Waals surface area contributed by atoms with Crippen LogP contribution in [0.1, 0.15) is 11.1 Å². The summed E-state index contributed by atoms with van der Waals surface area (Å²) in [5, 5.41) is 3.51. The molecule has 0 spiro atoms. The Morgan fingerprint density at radius 2 is 1.84 bits per heavy atom. The first-order valence-corrected chi connectivity index (χ1v) is 10.9. The molecule has 2 rings (SSSR count). The lowest BCUT2D eigenvalue weighted by atomic mass is 10.2. The van der Waals surface area contributed by atoms with E-state index < -0.39 is 10.0 Å². The van der Waals surface area contributed by atoms with Crippen LogP contribution in [0.5, 0.6) is 0 Å². The Balaban J connectivity index is 1.77. The number of halogens is 1. The zero-order chi connectivity index (χ0) is 18.3. The molecule has 8 heteroatoms. The van der Waals surface area contributed by atoms with Crippen molar-refractivity contribution in [1.29, 1.82) is 0 Å². The summed E-state index contributed by atoms with van der Waals surface area (Å²) in [5.41, 5.74) is 2.37. The molecule has 0 aliphatic rings. The Kier molecular flexibility index (Phi) is 7.16. The molecule has 0 atom stereocenters. The van der Waals surface area contributed by atoms with Crippen molar-refractivity contribution in [3.05, 3.63) is 64.7 Å². The zero-order valence-corrected chi connectivity index (χ0v) is 16.0. The highest BCUT2D eigenvalue weighted by Gasteiger charge is 2.05. The van der Waals surface area contributed by atoms with Crippen LogP contribution in [-0.4, -0.2) is 26.3 Å². The van der Waals surface area contributed by atoms with Gasteiger partial charge in [0.1, 0.15) is 0 Å². The van der Waals surface area contributed by atoms with E-state index in [4.69, 9.17) is 11.6 Å². The summed E-state index contributed by atoms with van der Waals surface area (Å²) in [6.07, 6.45) is 1.10. The van der Waals surface area contributed by atoms with E-state index in [1.165, 1.54) is 11.8 Å². The van der Waals surface area contributed by atoms with Gasteiger partial charge in [-0.1, -0.05) is 35.9 Å². The Morgan fingerprint density at radius 1 is 1.12 bits per heavy atom. The molecule has 0 heterocycles. The lowest BCUT2D eigenvalue weighted by Gasteiger charge is -2.08. The Labute approximate surface area is 157 Å². The van der Waals surface area contributed by atoms with Gasteiger partial charge in [-0.05, 0) is 35.4 Å². The maximum atomic E-state index is 11.9. The maximum absolute atomic E-state index is 11.9. The molecule has 0 saturated heterocycles. The van der Waals surface area contributed by atoms with Crippen molar-refractivity contribution in [3.8, 4) is 0 Å². The van der Waals surface area contributed by atoms with Gasteiger partial charge < -0.3 is 5.32 Å². The van der Waals surface area contributed by atoms with E-state index in [1.54, 1.807) is 18.2 Å². The van der Waals surface area contributed by atoms with Crippen LogP contribution in [-0.2, 0) is 27.1 Å². The van der Waals surface area contributed by atoms with Crippen molar-refractivity contribution in [2.24, 2.45) is 0 Å². The van der Waals surface area contributed by atoms with Crippen LogP contribution in [0.4, 0.5) is 5.69 Å². The molecule has 0 bridgehead atoms. The van der Waals surface area contributed by atoms with Crippen LogP contribution in [0.3, 0.4) is 0 Å². The molecule has 0 radical (unpaired) electrons. The number of carbonyl (C=O) groups excluding carboxylic acids is 1. The van der Waals surface area contributed by atoms with Crippen LogP contribution >= 0.6 is 23.4 Å². The minimum atomic E-state index is -3.32. The predicted octanol–water partition coefficient (Wildman–Crippen LogP) is 3.26. The standard InChI is InChI=1S/C17H19ClN2O3S2/c1-25(22,23)20-16-7-3-4-13(9-16)10-19-17(21)12-24-11-14-5-2-6-15(18)8-14/h2-9,20H,10-12H2,1H3,(H,19,21). The molecule has 0 saturated carbocycles. The fourth-order valence-corrected chi connectivity index (χ4v) is 3.67. The largest absolute Gasteiger partial charge is 0.351 e. The van der Waals surface area contributed by atoms with Crippen LogP contribution in [0, 0.1) is 0 Å². The van der Waals surface area contributed by atoms with Gasteiger partial charge in [0.15, 0.2) is 0 Å². The van der Waals surface area contributed by atoms with Crippen LogP contribution < -0.4 is 10.0 Å². The van der Waals surface area contributed by atoms with Crippen molar-refractivity contribution < 1.29 is 13.2 Å². The van der Waals surface area contributed by atoms with Gasteiger partial charge in [-0.15, -0.1) is 11.8 Å². The van der Waals surface area contributed by atoms with E-state index in [0.29, 0.717) is 28.8 Å². The molecule has 5 nitrogen and oxygen atoms in total. The SMILES string of the molecule is CS(=O)(=O)Nc1cccc(CNC(=O)CSCc2cccc(Cl)c2)c1. The van der Waals surface area contributed by atoms with Gasteiger partial charge in [0.05, 0.1) is 12.0 Å². The molecule has 0 aliphatic carbocycles. The second-order valence-corrected chi connectivity index (χ2v) is 8.64. The lowest BCUT2D eigenvalue weighted by molar-refractivity contribution is -0.118. The van der Waals surface area contributed by atoms with Gasteiger partial charge in [0, 0.05) is 23.0 Å². The van der Waals surface area contributed by atoms with Crippen molar-refractivity contribution in [3.63, 3.8) is 0 Å². The molecular formula is C17H19ClN2O3S2. The van der Waals surface area contributed by atoms with Crippen LogP contribution in [0.2, 0.25) is 5.02 Å². The highest BCUT2D eigenvalue weighted by molar-refractivity contribution is 7.99. The summed E-state index contributed by atoms with van der Waals surface area (Å²) < 4.78 is 24.9. The van der Waals surface area contributed by atoms with E-state index in [9.17, 15) is 13.2 Å². The fraction of sp³-hybridized carbons (Fsp3) is 0.235. The molecule has 0 aromatic heterocycles. The van der Waals surface area contributed by atoms with Gasteiger partial charge in [0.25, 0.3) is 0 Å². The van der Waals surface area contributed by atoms with Crippen molar-refractivity contribution >= 4 is 45.0 Å². The third-order valence-electron chi connectivity index (χ3n) is 3.11. The number of sulfonamides is 1. The quantitative estimate of drug-likeness (QED) is 0.715. The first kappa shape index (κ1) is 19.6. The molecule has 25 heavy (non-hydrogen) atoms. The number of thioether (sulfide) groups is 1. The number of carbonyl (C=O) groups is 1.